The highest BCUT2D eigenvalue weighted by atomic mass is 16.1. The van der Waals surface area contributed by atoms with Crippen LogP contribution in [0.5, 0.6) is 0 Å². The van der Waals surface area contributed by atoms with Crippen LogP contribution in [0.1, 0.15) is 29.5 Å². The molecule has 0 saturated carbocycles. The van der Waals surface area contributed by atoms with Crippen molar-refractivity contribution in [2.75, 3.05) is 19.0 Å². The Bertz CT molecular complexity index is 590. The Balaban J connectivity index is 1.96. The third-order valence-corrected chi connectivity index (χ3v) is 3.04. The van der Waals surface area contributed by atoms with Crippen molar-refractivity contribution < 1.29 is 4.79 Å². The summed E-state index contributed by atoms with van der Waals surface area (Å²) in [7, 11) is 3.81. The standard InChI is InChI=1S/C14H20N6O/c1-4-7-20-10-17-18-13(20)9-16-14(21)11-5-6-12(15-8-11)19(2)3/h5-6,8,10H,4,7,9H2,1-3H3,(H,16,21). The summed E-state index contributed by atoms with van der Waals surface area (Å²) in [6, 6.07) is 3.57. The molecule has 0 aliphatic heterocycles. The zero-order valence-corrected chi connectivity index (χ0v) is 12.6. The third kappa shape index (κ3) is 3.77. The number of anilines is 1. The molecule has 7 heteroatoms. The van der Waals surface area contributed by atoms with Crippen LogP contribution in [0.3, 0.4) is 0 Å². The molecular formula is C14H20N6O. The number of carbonyl (C=O) groups is 1. The lowest BCUT2D eigenvalue weighted by Crippen LogP contribution is -2.25. The molecule has 0 atom stereocenters. The summed E-state index contributed by atoms with van der Waals surface area (Å²) < 4.78 is 1.94. The fourth-order valence-corrected chi connectivity index (χ4v) is 1.89. The van der Waals surface area contributed by atoms with E-state index in [4.69, 9.17) is 0 Å². The molecule has 0 aromatic carbocycles. The molecular weight excluding hydrogens is 268 g/mol. The summed E-state index contributed by atoms with van der Waals surface area (Å²) in [6.45, 7) is 3.28. The van der Waals surface area contributed by atoms with Gasteiger partial charge >= 0.3 is 0 Å². The van der Waals surface area contributed by atoms with Crippen molar-refractivity contribution in [3.05, 3.63) is 36.0 Å². The molecule has 2 aromatic heterocycles. The molecule has 1 N–H and O–H groups in total. The van der Waals surface area contributed by atoms with Crippen molar-refractivity contribution in [2.45, 2.75) is 26.4 Å². The van der Waals surface area contributed by atoms with Crippen molar-refractivity contribution in [1.29, 1.82) is 0 Å². The van der Waals surface area contributed by atoms with Gasteiger partial charge in [-0.05, 0) is 18.6 Å². The van der Waals surface area contributed by atoms with Gasteiger partial charge in [0.25, 0.3) is 5.91 Å². The Labute approximate surface area is 124 Å². The number of nitrogens with one attached hydrogen (secondary N) is 1. The first-order chi connectivity index (χ1) is 10.1. The Hall–Kier alpha value is -2.44. The van der Waals surface area contributed by atoms with Gasteiger partial charge in [0.2, 0.25) is 0 Å². The van der Waals surface area contributed by atoms with Crippen LogP contribution in [0, 0.1) is 0 Å². The van der Waals surface area contributed by atoms with E-state index in [-0.39, 0.29) is 5.91 Å². The van der Waals surface area contributed by atoms with Crippen LogP contribution in [-0.4, -0.2) is 39.8 Å². The zero-order chi connectivity index (χ0) is 15.2. The lowest BCUT2D eigenvalue weighted by molar-refractivity contribution is 0.0949. The number of aromatic nitrogens is 4. The fourth-order valence-electron chi connectivity index (χ4n) is 1.89. The summed E-state index contributed by atoms with van der Waals surface area (Å²) in [5.41, 5.74) is 0.530. The maximum atomic E-state index is 12.1. The predicted octanol–water partition coefficient (Wildman–Crippen LogP) is 1.08. The van der Waals surface area contributed by atoms with Crippen LogP contribution in [0.2, 0.25) is 0 Å². The minimum atomic E-state index is -0.168. The first-order valence-corrected chi connectivity index (χ1v) is 6.90. The normalized spacial score (nSPS) is 10.4. The van der Waals surface area contributed by atoms with Gasteiger partial charge in [-0.1, -0.05) is 6.92 Å². The van der Waals surface area contributed by atoms with Gasteiger partial charge in [-0.2, -0.15) is 0 Å². The third-order valence-electron chi connectivity index (χ3n) is 3.04. The first-order valence-electron chi connectivity index (χ1n) is 6.90. The first kappa shape index (κ1) is 15.0. The van der Waals surface area contributed by atoms with E-state index in [2.05, 4.69) is 27.4 Å². The molecule has 0 saturated heterocycles. The van der Waals surface area contributed by atoms with Crippen molar-refractivity contribution in [1.82, 2.24) is 25.1 Å². The van der Waals surface area contributed by atoms with E-state index >= 15 is 0 Å². The van der Waals surface area contributed by atoms with Crippen LogP contribution in [0.4, 0.5) is 5.82 Å². The maximum absolute atomic E-state index is 12.1. The van der Waals surface area contributed by atoms with E-state index in [1.165, 1.54) is 0 Å². The maximum Gasteiger partial charge on any atom is 0.253 e. The smallest absolute Gasteiger partial charge is 0.253 e. The largest absolute Gasteiger partial charge is 0.363 e. The minimum Gasteiger partial charge on any atom is -0.363 e. The number of hydrogen-bond acceptors (Lipinski definition) is 5. The van der Waals surface area contributed by atoms with E-state index in [1.807, 2.05) is 29.6 Å². The Morgan fingerprint density at radius 2 is 2.19 bits per heavy atom. The van der Waals surface area contributed by atoms with E-state index in [9.17, 15) is 4.79 Å². The quantitative estimate of drug-likeness (QED) is 0.860. The summed E-state index contributed by atoms with van der Waals surface area (Å²) in [6.07, 6.45) is 4.24. The van der Waals surface area contributed by atoms with Crippen molar-refractivity contribution in [3.63, 3.8) is 0 Å². The predicted molar refractivity (Wildman–Crippen MR) is 80.0 cm³/mol. The highest BCUT2D eigenvalue weighted by Gasteiger charge is 2.09. The molecule has 0 fully saturated rings. The number of amides is 1. The molecule has 2 rings (SSSR count). The molecule has 2 heterocycles. The SMILES string of the molecule is CCCn1cnnc1CNC(=O)c1ccc(N(C)C)nc1. The van der Waals surface area contributed by atoms with Crippen LogP contribution in [0.15, 0.2) is 24.7 Å². The van der Waals surface area contributed by atoms with Gasteiger partial charge in [-0.25, -0.2) is 4.98 Å². The molecule has 0 radical (unpaired) electrons. The summed E-state index contributed by atoms with van der Waals surface area (Å²) in [5, 5.41) is 10.7. The van der Waals surface area contributed by atoms with Gasteiger partial charge in [0.1, 0.15) is 12.1 Å². The molecule has 7 nitrogen and oxygen atoms in total. The topological polar surface area (TPSA) is 75.9 Å². The van der Waals surface area contributed by atoms with Gasteiger partial charge in [-0.15, -0.1) is 10.2 Å². The van der Waals surface area contributed by atoms with Gasteiger partial charge < -0.3 is 14.8 Å². The van der Waals surface area contributed by atoms with Gasteiger partial charge in [0, 0.05) is 26.8 Å². The molecule has 112 valence electrons. The van der Waals surface area contributed by atoms with Crippen LogP contribution in [-0.2, 0) is 13.1 Å². The van der Waals surface area contributed by atoms with E-state index in [0.29, 0.717) is 12.1 Å². The molecule has 0 unspecified atom stereocenters. The average Bonchev–Trinajstić information content (AvgIpc) is 2.92. The second-order valence-electron chi connectivity index (χ2n) is 4.92. The number of hydrogen-bond donors (Lipinski definition) is 1. The average molecular weight is 288 g/mol. The minimum absolute atomic E-state index is 0.168. The molecule has 1 amide bonds. The Morgan fingerprint density at radius 3 is 2.81 bits per heavy atom. The number of pyridine rings is 1. The Kier molecular flexibility index (Phi) is 4.86. The van der Waals surface area contributed by atoms with E-state index < -0.39 is 0 Å². The number of nitrogens with zero attached hydrogens (tertiary/aromatic N) is 5. The highest BCUT2D eigenvalue weighted by Crippen LogP contribution is 2.08. The molecule has 21 heavy (non-hydrogen) atoms. The van der Waals surface area contributed by atoms with Crippen molar-refractivity contribution in [3.8, 4) is 0 Å². The van der Waals surface area contributed by atoms with Crippen LogP contribution in [0.25, 0.3) is 0 Å². The number of aryl methyl sites for hydroxylation is 1. The number of rotatable bonds is 6. The second-order valence-corrected chi connectivity index (χ2v) is 4.92. The lowest BCUT2D eigenvalue weighted by atomic mass is 10.2. The van der Waals surface area contributed by atoms with Crippen molar-refractivity contribution in [2.24, 2.45) is 0 Å². The molecule has 2 aromatic rings. The Morgan fingerprint density at radius 1 is 1.38 bits per heavy atom. The zero-order valence-electron chi connectivity index (χ0n) is 12.6. The second kappa shape index (κ2) is 6.83. The monoisotopic (exact) mass is 288 g/mol. The van der Waals surface area contributed by atoms with Gasteiger partial charge in [-0.3, -0.25) is 4.79 Å². The van der Waals surface area contributed by atoms with E-state index in [0.717, 1.165) is 24.6 Å². The summed E-state index contributed by atoms with van der Waals surface area (Å²) in [4.78, 5) is 18.2. The molecule has 0 aliphatic carbocycles. The summed E-state index contributed by atoms with van der Waals surface area (Å²) >= 11 is 0. The van der Waals surface area contributed by atoms with E-state index in [1.54, 1.807) is 18.6 Å². The molecule has 0 spiro atoms. The summed E-state index contributed by atoms with van der Waals surface area (Å²) in [5.74, 6) is 1.40. The van der Waals surface area contributed by atoms with Crippen LogP contribution >= 0.6 is 0 Å². The lowest BCUT2D eigenvalue weighted by Gasteiger charge is -2.11. The number of carbonyl (C=O) groups excluding carboxylic acids is 1. The molecule has 0 bridgehead atoms. The van der Waals surface area contributed by atoms with Gasteiger partial charge in [0.05, 0.1) is 12.1 Å². The highest BCUT2D eigenvalue weighted by molar-refractivity contribution is 5.93. The van der Waals surface area contributed by atoms with Crippen molar-refractivity contribution >= 4 is 11.7 Å². The fraction of sp³-hybridized carbons (Fsp3) is 0.429. The van der Waals surface area contributed by atoms with Crippen LogP contribution < -0.4 is 10.2 Å². The molecule has 0 aliphatic rings. The van der Waals surface area contributed by atoms with Gasteiger partial charge in [0.15, 0.2) is 5.82 Å².